The lowest BCUT2D eigenvalue weighted by Gasteiger charge is -2.14. The van der Waals surface area contributed by atoms with E-state index in [4.69, 9.17) is 29.2 Å². The molecule has 1 rings (SSSR count). The van der Waals surface area contributed by atoms with Crippen LogP contribution in [0, 0.1) is 0 Å². The van der Waals surface area contributed by atoms with Gasteiger partial charge >= 0.3 is 0 Å². The number of hydrogen-bond donors (Lipinski definition) is 3. The van der Waals surface area contributed by atoms with Gasteiger partial charge in [-0.2, -0.15) is 0 Å². The molecule has 0 aliphatic rings. The summed E-state index contributed by atoms with van der Waals surface area (Å²) in [5.41, 5.74) is 0.464. The largest absolute Gasteiger partial charge is 0.487 e. The molecule has 8 nitrogen and oxygen atoms in total. The van der Waals surface area contributed by atoms with Gasteiger partial charge in [0.05, 0.1) is 39.6 Å². The summed E-state index contributed by atoms with van der Waals surface area (Å²) in [5, 5.41) is 20.5. The number of hydrogen-bond acceptors (Lipinski definition) is 7. The fourth-order valence-corrected chi connectivity index (χ4v) is 2.35. The van der Waals surface area contributed by atoms with Crippen molar-refractivity contribution in [3.63, 3.8) is 0 Å². The Bertz CT molecular complexity index is 580. The van der Waals surface area contributed by atoms with Gasteiger partial charge in [-0.1, -0.05) is 6.08 Å². The summed E-state index contributed by atoms with van der Waals surface area (Å²) in [4.78, 5) is 12.3. The van der Waals surface area contributed by atoms with Crippen molar-refractivity contribution in [3.8, 4) is 11.5 Å². The standard InChI is InChI=1S/C21H33NO7/c1-2-3-4-5-8-22-21(25)18-6-7-19(20(17-18)28-12-10-24)29-16-15-27-14-13-26-11-9-23/h2,6-7,17,23-24H,1,3-5,8-16H2,(H,22,25). The van der Waals surface area contributed by atoms with Gasteiger partial charge in [0, 0.05) is 12.1 Å². The Hall–Kier alpha value is -2.13. The minimum Gasteiger partial charge on any atom is -0.487 e. The van der Waals surface area contributed by atoms with Gasteiger partial charge in [0.1, 0.15) is 13.2 Å². The molecule has 3 N–H and O–H groups in total. The molecule has 0 radical (unpaired) electrons. The van der Waals surface area contributed by atoms with Crippen molar-refractivity contribution in [2.75, 3.05) is 59.4 Å². The van der Waals surface area contributed by atoms with Crippen molar-refractivity contribution in [2.45, 2.75) is 19.3 Å². The molecule has 0 unspecified atom stereocenters. The molecule has 1 amide bonds. The Morgan fingerprint density at radius 2 is 1.62 bits per heavy atom. The first kappa shape index (κ1) is 24.9. The average Bonchev–Trinajstić information content (AvgIpc) is 2.74. The summed E-state index contributed by atoms with van der Waals surface area (Å²) in [7, 11) is 0. The number of carbonyl (C=O) groups is 1. The zero-order chi connectivity index (χ0) is 21.2. The number of ether oxygens (including phenoxy) is 4. The van der Waals surface area contributed by atoms with E-state index in [1.165, 1.54) is 0 Å². The molecule has 0 aliphatic heterocycles. The van der Waals surface area contributed by atoms with Crippen LogP contribution in [-0.2, 0) is 9.47 Å². The molecule has 1 aromatic carbocycles. The Labute approximate surface area is 172 Å². The Morgan fingerprint density at radius 1 is 0.931 bits per heavy atom. The van der Waals surface area contributed by atoms with Crippen LogP contribution in [0.3, 0.4) is 0 Å². The van der Waals surface area contributed by atoms with E-state index in [9.17, 15) is 4.79 Å². The van der Waals surface area contributed by atoms with Crippen molar-refractivity contribution in [2.24, 2.45) is 0 Å². The van der Waals surface area contributed by atoms with E-state index in [1.54, 1.807) is 18.2 Å². The van der Waals surface area contributed by atoms with Gasteiger partial charge < -0.3 is 34.5 Å². The molecule has 0 bridgehead atoms. The molecular formula is C21H33NO7. The number of nitrogens with one attached hydrogen (secondary N) is 1. The van der Waals surface area contributed by atoms with Crippen molar-refractivity contribution in [1.82, 2.24) is 5.32 Å². The van der Waals surface area contributed by atoms with E-state index in [0.717, 1.165) is 19.3 Å². The molecule has 164 valence electrons. The summed E-state index contributed by atoms with van der Waals surface area (Å²) in [6.45, 7) is 5.97. The van der Waals surface area contributed by atoms with E-state index >= 15 is 0 Å². The number of unbranched alkanes of at least 4 members (excludes halogenated alkanes) is 2. The van der Waals surface area contributed by atoms with E-state index in [-0.39, 0.29) is 25.7 Å². The number of aliphatic hydroxyl groups is 2. The quantitative estimate of drug-likeness (QED) is 0.249. The molecule has 0 aliphatic carbocycles. The maximum absolute atomic E-state index is 12.3. The zero-order valence-electron chi connectivity index (χ0n) is 16.9. The van der Waals surface area contributed by atoms with Crippen LogP contribution < -0.4 is 14.8 Å². The zero-order valence-corrected chi connectivity index (χ0v) is 16.9. The lowest BCUT2D eigenvalue weighted by molar-refractivity contribution is 0.0244. The molecule has 0 atom stereocenters. The second kappa shape index (κ2) is 16.8. The minimum atomic E-state index is -0.185. The van der Waals surface area contributed by atoms with Crippen LogP contribution >= 0.6 is 0 Å². The van der Waals surface area contributed by atoms with Gasteiger partial charge in [-0.25, -0.2) is 0 Å². The van der Waals surface area contributed by atoms with Gasteiger partial charge in [0.2, 0.25) is 0 Å². The summed E-state index contributed by atoms with van der Waals surface area (Å²) < 4.78 is 21.6. The molecule has 0 saturated carbocycles. The molecule has 0 aromatic heterocycles. The maximum atomic E-state index is 12.3. The normalized spacial score (nSPS) is 10.6. The summed E-state index contributed by atoms with van der Waals surface area (Å²) >= 11 is 0. The first-order valence-electron chi connectivity index (χ1n) is 9.88. The number of aliphatic hydroxyl groups excluding tert-OH is 2. The van der Waals surface area contributed by atoms with Gasteiger partial charge in [0.25, 0.3) is 5.91 Å². The minimum absolute atomic E-state index is 0.0109. The monoisotopic (exact) mass is 411 g/mol. The molecule has 0 fully saturated rings. The number of carbonyl (C=O) groups excluding carboxylic acids is 1. The number of benzene rings is 1. The van der Waals surface area contributed by atoms with Crippen LogP contribution in [0.25, 0.3) is 0 Å². The van der Waals surface area contributed by atoms with E-state index in [2.05, 4.69) is 11.9 Å². The van der Waals surface area contributed by atoms with E-state index < -0.39 is 0 Å². The summed E-state index contributed by atoms with van der Waals surface area (Å²) in [6.07, 6.45) is 4.66. The first-order chi connectivity index (χ1) is 14.2. The van der Waals surface area contributed by atoms with Crippen molar-refractivity contribution >= 4 is 5.91 Å². The van der Waals surface area contributed by atoms with Gasteiger partial charge in [-0.15, -0.1) is 6.58 Å². The van der Waals surface area contributed by atoms with Crippen LogP contribution in [-0.4, -0.2) is 75.5 Å². The van der Waals surface area contributed by atoms with Crippen LogP contribution in [0.1, 0.15) is 29.6 Å². The van der Waals surface area contributed by atoms with Crippen LogP contribution in [0.2, 0.25) is 0 Å². The Morgan fingerprint density at radius 3 is 2.34 bits per heavy atom. The Kier molecular flexibility index (Phi) is 14.4. The summed E-state index contributed by atoms with van der Waals surface area (Å²) in [6, 6.07) is 4.95. The van der Waals surface area contributed by atoms with Crippen molar-refractivity contribution in [3.05, 3.63) is 36.4 Å². The molecule has 1 aromatic rings. The third kappa shape index (κ3) is 11.5. The van der Waals surface area contributed by atoms with Gasteiger partial charge in [-0.05, 0) is 37.5 Å². The second-order valence-electron chi connectivity index (χ2n) is 6.07. The number of amides is 1. The molecule has 8 heteroatoms. The fraction of sp³-hybridized carbons (Fsp3) is 0.571. The van der Waals surface area contributed by atoms with Crippen molar-refractivity contribution in [1.29, 1.82) is 0 Å². The van der Waals surface area contributed by atoms with Crippen LogP contribution in [0.4, 0.5) is 0 Å². The first-order valence-corrected chi connectivity index (χ1v) is 9.88. The van der Waals surface area contributed by atoms with E-state index in [1.807, 2.05) is 6.08 Å². The molecule has 0 heterocycles. The second-order valence-corrected chi connectivity index (χ2v) is 6.07. The van der Waals surface area contributed by atoms with Crippen LogP contribution in [0.5, 0.6) is 11.5 Å². The molecule has 29 heavy (non-hydrogen) atoms. The molecular weight excluding hydrogens is 378 g/mol. The average molecular weight is 411 g/mol. The van der Waals surface area contributed by atoms with Gasteiger partial charge in [-0.3, -0.25) is 4.79 Å². The SMILES string of the molecule is C=CCCCCNC(=O)c1ccc(OCCOCCOCCO)c(OCCO)c1. The highest BCUT2D eigenvalue weighted by molar-refractivity contribution is 5.94. The smallest absolute Gasteiger partial charge is 0.251 e. The summed E-state index contributed by atoms with van der Waals surface area (Å²) in [5.74, 6) is 0.681. The highest BCUT2D eigenvalue weighted by Gasteiger charge is 2.12. The fourth-order valence-electron chi connectivity index (χ4n) is 2.35. The Balaban J connectivity index is 2.48. The maximum Gasteiger partial charge on any atom is 0.251 e. The lowest BCUT2D eigenvalue weighted by Crippen LogP contribution is -2.24. The topological polar surface area (TPSA) is 106 Å². The molecule has 0 saturated heterocycles. The molecule has 0 spiro atoms. The third-order valence-corrected chi connectivity index (χ3v) is 3.77. The third-order valence-electron chi connectivity index (χ3n) is 3.77. The predicted octanol–water partition coefficient (Wildman–Crippen LogP) is 1.55. The number of rotatable bonds is 18. The highest BCUT2D eigenvalue weighted by atomic mass is 16.6. The predicted molar refractivity (Wildman–Crippen MR) is 110 cm³/mol. The van der Waals surface area contributed by atoms with E-state index in [0.29, 0.717) is 56.6 Å². The lowest BCUT2D eigenvalue weighted by atomic mass is 10.1. The van der Waals surface area contributed by atoms with Crippen LogP contribution in [0.15, 0.2) is 30.9 Å². The number of allylic oxidation sites excluding steroid dienone is 1. The van der Waals surface area contributed by atoms with Crippen molar-refractivity contribution < 1.29 is 34.0 Å². The highest BCUT2D eigenvalue weighted by Crippen LogP contribution is 2.28. The van der Waals surface area contributed by atoms with Gasteiger partial charge in [0.15, 0.2) is 11.5 Å².